The maximum atomic E-state index is 13.5. The zero-order valence-electron chi connectivity index (χ0n) is 12.5. The van der Waals surface area contributed by atoms with Crippen LogP contribution in [0.2, 0.25) is 0 Å². The van der Waals surface area contributed by atoms with Gasteiger partial charge in [0.15, 0.2) is 0 Å². The third-order valence-corrected chi connectivity index (χ3v) is 4.33. The van der Waals surface area contributed by atoms with E-state index < -0.39 is 23.5 Å². The number of hydrogen-bond donors (Lipinski definition) is 2. The lowest BCUT2D eigenvalue weighted by atomic mass is 10.1. The van der Waals surface area contributed by atoms with Gasteiger partial charge in [0.05, 0.1) is 16.2 Å². The van der Waals surface area contributed by atoms with Crippen LogP contribution in [0.4, 0.5) is 14.5 Å². The summed E-state index contributed by atoms with van der Waals surface area (Å²) in [5, 5.41) is 2.40. The Morgan fingerprint density at radius 3 is 2.30 bits per heavy atom. The number of anilines is 1. The molecular formula is C15H13F2IN2O3. The van der Waals surface area contributed by atoms with Gasteiger partial charge in [-0.25, -0.2) is 13.6 Å². The minimum Gasteiger partial charge on any atom is -0.465 e. The Bertz CT molecular complexity index is 779. The Hall–Kier alpha value is -1.97. The maximum Gasteiger partial charge on any atom is 0.339 e. The van der Waals surface area contributed by atoms with Crippen LogP contribution in [0.15, 0.2) is 12.1 Å². The van der Waals surface area contributed by atoms with Crippen LogP contribution in [-0.4, -0.2) is 24.0 Å². The van der Waals surface area contributed by atoms with Gasteiger partial charge in [0.1, 0.15) is 17.3 Å². The number of H-pyrrole nitrogens is 1. The largest absolute Gasteiger partial charge is 0.465 e. The summed E-state index contributed by atoms with van der Waals surface area (Å²) in [4.78, 5) is 26.8. The lowest BCUT2D eigenvalue weighted by Crippen LogP contribution is -2.14. The predicted molar refractivity (Wildman–Crippen MR) is 88.6 cm³/mol. The minimum absolute atomic E-state index is 0.0170. The number of aryl methyl sites for hydroxylation is 1. The summed E-state index contributed by atoms with van der Waals surface area (Å²) in [5.41, 5.74) is 1.24. The molecule has 0 bridgehead atoms. The number of aromatic nitrogens is 1. The van der Waals surface area contributed by atoms with Crippen LogP contribution in [0, 0.1) is 29.1 Å². The van der Waals surface area contributed by atoms with E-state index in [1.54, 1.807) is 13.8 Å². The first-order valence-corrected chi connectivity index (χ1v) is 7.57. The fourth-order valence-corrected chi connectivity index (χ4v) is 2.52. The lowest BCUT2D eigenvalue weighted by molar-refractivity contribution is 0.0599. The van der Waals surface area contributed by atoms with Crippen LogP contribution >= 0.6 is 22.6 Å². The van der Waals surface area contributed by atoms with Gasteiger partial charge < -0.3 is 15.0 Å². The molecule has 2 rings (SSSR count). The average molecular weight is 434 g/mol. The van der Waals surface area contributed by atoms with Crippen molar-refractivity contribution in [3.63, 3.8) is 0 Å². The molecule has 0 atom stereocenters. The number of benzene rings is 1. The molecule has 5 nitrogen and oxygen atoms in total. The highest BCUT2D eigenvalue weighted by atomic mass is 127. The van der Waals surface area contributed by atoms with E-state index in [0.717, 1.165) is 12.1 Å². The van der Waals surface area contributed by atoms with Crippen molar-refractivity contribution in [1.29, 1.82) is 0 Å². The molecule has 8 heteroatoms. The van der Waals surface area contributed by atoms with Gasteiger partial charge in [0, 0.05) is 11.4 Å². The Balaban J connectivity index is 2.34. The van der Waals surface area contributed by atoms with Gasteiger partial charge in [-0.15, -0.1) is 0 Å². The number of halogens is 3. The number of amides is 1. The standard InChI is InChI=1S/C15H13F2IN2O3/c1-6-11(15(22)23-3)7(2)19-13(6)14(21)20-8-4-9(16)12(18)10(17)5-8/h4-5,19H,1-3H3,(H,20,21). The van der Waals surface area contributed by atoms with Crippen LogP contribution in [0.1, 0.15) is 32.1 Å². The summed E-state index contributed by atoms with van der Waals surface area (Å²) in [7, 11) is 1.24. The van der Waals surface area contributed by atoms with Crippen molar-refractivity contribution in [2.24, 2.45) is 0 Å². The van der Waals surface area contributed by atoms with E-state index in [-0.39, 0.29) is 20.5 Å². The summed E-state index contributed by atoms with van der Waals surface area (Å²) < 4.78 is 31.6. The van der Waals surface area contributed by atoms with Gasteiger partial charge in [-0.3, -0.25) is 4.79 Å². The van der Waals surface area contributed by atoms with Crippen LogP contribution in [-0.2, 0) is 4.74 Å². The van der Waals surface area contributed by atoms with Gasteiger partial charge in [-0.05, 0) is 54.1 Å². The number of esters is 1. The van der Waals surface area contributed by atoms with E-state index in [0.29, 0.717) is 11.3 Å². The highest BCUT2D eigenvalue weighted by Gasteiger charge is 2.22. The van der Waals surface area contributed by atoms with Crippen molar-refractivity contribution in [3.05, 3.63) is 49.9 Å². The smallest absolute Gasteiger partial charge is 0.339 e. The van der Waals surface area contributed by atoms with E-state index >= 15 is 0 Å². The molecule has 0 radical (unpaired) electrons. The molecule has 0 fully saturated rings. The molecule has 0 spiro atoms. The summed E-state index contributed by atoms with van der Waals surface area (Å²) >= 11 is 1.53. The van der Waals surface area contributed by atoms with E-state index in [1.807, 2.05) is 0 Å². The molecule has 122 valence electrons. The van der Waals surface area contributed by atoms with E-state index in [4.69, 9.17) is 0 Å². The van der Waals surface area contributed by atoms with E-state index in [2.05, 4.69) is 15.0 Å². The number of aromatic amines is 1. The van der Waals surface area contributed by atoms with Gasteiger partial charge in [0.25, 0.3) is 5.91 Å². The maximum absolute atomic E-state index is 13.5. The minimum atomic E-state index is -0.768. The van der Waals surface area contributed by atoms with Crippen LogP contribution < -0.4 is 5.32 Å². The molecular weight excluding hydrogens is 421 g/mol. The summed E-state index contributed by atoms with van der Waals surface area (Å²) in [6.07, 6.45) is 0. The fraction of sp³-hybridized carbons (Fsp3) is 0.200. The van der Waals surface area contributed by atoms with Crippen molar-refractivity contribution in [3.8, 4) is 0 Å². The van der Waals surface area contributed by atoms with Crippen molar-refractivity contribution in [1.82, 2.24) is 4.98 Å². The number of nitrogens with one attached hydrogen (secondary N) is 2. The third kappa shape index (κ3) is 3.36. The van der Waals surface area contributed by atoms with Crippen molar-refractivity contribution < 1.29 is 23.1 Å². The van der Waals surface area contributed by atoms with E-state index in [9.17, 15) is 18.4 Å². The van der Waals surface area contributed by atoms with Gasteiger partial charge in [0.2, 0.25) is 0 Å². The van der Waals surface area contributed by atoms with Gasteiger partial charge in [-0.1, -0.05) is 0 Å². The first-order chi connectivity index (χ1) is 10.8. The molecule has 0 saturated carbocycles. The molecule has 1 amide bonds. The molecule has 0 unspecified atom stereocenters. The number of ether oxygens (including phenoxy) is 1. The summed E-state index contributed by atoms with van der Waals surface area (Å²) in [6, 6.07) is 2.05. The molecule has 0 aliphatic rings. The molecule has 0 aliphatic carbocycles. The highest BCUT2D eigenvalue weighted by molar-refractivity contribution is 14.1. The van der Waals surface area contributed by atoms with Crippen molar-refractivity contribution >= 4 is 40.2 Å². The average Bonchev–Trinajstić information content (AvgIpc) is 2.79. The molecule has 1 heterocycles. The molecule has 23 heavy (non-hydrogen) atoms. The molecule has 1 aromatic heterocycles. The molecule has 2 N–H and O–H groups in total. The Morgan fingerprint density at radius 2 is 1.78 bits per heavy atom. The number of carbonyl (C=O) groups is 2. The topological polar surface area (TPSA) is 71.2 Å². The monoisotopic (exact) mass is 434 g/mol. The Kier molecular flexibility index (Phi) is 5.03. The normalized spacial score (nSPS) is 10.5. The second-order valence-electron chi connectivity index (χ2n) is 4.82. The predicted octanol–water partition coefficient (Wildman–Crippen LogP) is 3.55. The van der Waals surface area contributed by atoms with Crippen molar-refractivity contribution in [2.75, 3.05) is 12.4 Å². The SMILES string of the molecule is COC(=O)c1c(C)[nH]c(C(=O)Nc2cc(F)c(I)c(F)c2)c1C. The summed E-state index contributed by atoms with van der Waals surface area (Å²) in [5.74, 6) is -2.71. The number of methoxy groups -OCH3 is 1. The van der Waals surface area contributed by atoms with Crippen LogP contribution in [0.25, 0.3) is 0 Å². The second kappa shape index (κ2) is 6.65. The Morgan fingerprint density at radius 1 is 1.22 bits per heavy atom. The zero-order valence-corrected chi connectivity index (χ0v) is 14.7. The lowest BCUT2D eigenvalue weighted by Gasteiger charge is -2.07. The molecule has 1 aromatic carbocycles. The second-order valence-corrected chi connectivity index (χ2v) is 5.90. The number of rotatable bonds is 3. The molecule has 2 aromatic rings. The third-order valence-electron chi connectivity index (χ3n) is 3.30. The van der Waals surface area contributed by atoms with E-state index in [1.165, 1.54) is 29.7 Å². The highest BCUT2D eigenvalue weighted by Crippen LogP contribution is 2.23. The number of hydrogen-bond acceptors (Lipinski definition) is 3. The van der Waals surface area contributed by atoms with Gasteiger partial charge in [-0.2, -0.15) is 0 Å². The summed E-state index contributed by atoms with van der Waals surface area (Å²) in [6.45, 7) is 3.21. The first-order valence-electron chi connectivity index (χ1n) is 6.49. The van der Waals surface area contributed by atoms with Crippen LogP contribution in [0.5, 0.6) is 0 Å². The Labute approximate surface area is 144 Å². The first kappa shape index (κ1) is 17.4. The quantitative estimate of drug-likeness (QED) is 0.441. The van der Waals surface area contributed by atoms with Crippen LogP contribution in [0.3, 0.4) is 0 Å². The molecule has 0 aliphatic heterocycles. The fourth-order valence-electron chi connectivity index (χ4n) is 2.21. The molecule has 0 saturated heterocycles. The van der Waals surface area contributed by atoms with Crippen molar-refractivity contribution in [2.45, 2.75) is 13.8 Å². The zero-order chi connectivity index (χ0) is 17.3. The van der Waals surface area contributed by atoms with Gasteiger partial charge >= 0.3 is 5.97 Å². The number of carbonyl (C=O) groups excluding carboxylic acids is 2.